The zero-order valence-electron chi connectivity index (χ0n) is 14.0. The van der Waals surface area contributed by atoms with Crippen LogP contribution >= 0.6 is 0 Å². The third kappa shape index (κ3) is 3.19. The summed E-state index contributed by atoms with van der Waals surface area (Å²) in [6.45, 7) is 3.52. The van der Waals surface area contributed by atoms with Crippen molar-refractivity contribution < 1.29 is 8.42 Å². The molecule has 7 heteroatoms. The summed E-state index contributed by atoms with van der Waals surface area (Å²) in [6.07, 6.45) is 3.13. The fraction of sp³-hybridized carbons (Fsp3) is 0.278. The number of benzene rings is 1. The second-order valence-corrected chi connectivity index (χ2v) is 8.34. The topological polar surface area (TPSA) is 69.3 Å². The number of anilines is 2. The van der Waals surface area contributed by atoms with E-state index in [0.29, 0.717) is 4.90 Å². The van der Waals surface area contributed by atoms with Crippen molar-refractivity contribution in [3.63, 3.8) is 0 Å². The number of rotatable bonds is 3. The Morgan fingerprint density at radius 1 is 0.920 bits per heavy atom. The molecule has 0 bridgehead atoms. The number of aromatic amines is 1. The lowest BCUT2D eigenvalue weighted by atomic mass is 10.2. The van der Waals surface area contributed by atoms with Gasteiger partial charge in [0.25, 0.3) is 0 Å². The van der Waals surface area contributed by atoms with Crippen LogP contribution in [0.2, 0.25) is 0 Å². The minimum absolute atomic E-state index is 0.360. The van der Waals surface area contributed by atoms with Crippen LogP contribution in [0.1, 0.15) is 0 Å². The van der Waals surface area contributed by atoms with Gasteiger partial charge in [0, 0.05) is 49.7 Å². The zero-order valence-corrected chi connectivity index (χ0v) is 14.8. The molecule has 3 heterocycles. The third-order valence-electron chi connectivity index (χ3n) is 4.63. The predicted molar refractivity (Wildman–Crippen MR) is 100 cm³/mol. The van der Waals surface area contributed by atoms with Crippen LogP contribution in [0.25, 0.3) is 11.0 Å². The van der Waals surface area contributed by atoms with Gasteiger partial charge in [0.1, 0.15) is 11.5 Å². The molecule has 6 nitrogen and oxygen atoms in total. The monoisotopic (exact) mass is 356 g/mol. The van der Waals surface area contributed by atoms with Crippen molar-refractivity contribution in [3.8, 4) is 0 Å². The fourth-order valence-corrected chi connectivity index (χ4v) is 3.82. The van der Waals surface area contributed by atoms with Gasteiger partial charge < -0.3 is 14.8 Å². The van der Waals surface area contributed by atoms with E-state index in [9.17, 15) is 8.42 Å². The van der Waals surface area contributed by atoms with Crippen molar-refractivity contribution >= 4 is 32.4 Å². The van der Waals surface area contributed by atoms with Crippen molar-refractivity contribution in [1.82, 2.24) is 9.97 Å². The first kappa shape index (κ1) is 16.0. The summed E-state index contributed by atoms with van der Waals surface area (Å²) in [5, 5.41) is 1.12. The molecule has 2 aromatic heterocycles. The molecule has 1 aliphatic rings. The Labute approximate surface area is 147 Å². The SMILES string of the molecule is CS(=O)(=O)c1ccc(N2CCN(c3ccc4cc[nH]c4n3)CC2)cc1. The van der Waals surface area contributed by atoms with Crippen LogP contribution in [0.3, 0.4) is 0 Å². The molecule has 0 atom stereocenters. The number of hydrogen-bond donors (Lipinski definition) is 1. The molecule has 0 unspecified atom stereocenters. The second-order valence-electron chi connectivity index (χ2n) is 6.33. The Bertz CT molecular complexity index is 987. The van der Waals surface area contributed by atoms with E-state index < -0.39 is 9.84 Å². The van der Waals surface area contributed by atoms with Gasteiger partial charge in [0.05, 0.1) is 4.90 Å². The smallest absolute Gasteiger partial charge is 0.175 e. The molecular weight excluding hydrogens is 336 g/mol. The van der Waals surface area contributed by atoms with Gasteiger partial charge in [-0.3, -0.25) is 0 Å². The zero-order chi connectivity index (χ0) is 17.4. The molecule has 0 spiro atoms. The van der Waals surface area contributed by atoms with Crippen LogP contribution in [0.5, 0.6) is 0 Å². The van der Waals surface area contributed by atoms with Gasteiger partial charge >= 0.3 is 0 Å². The van der Waals surface area contributed by atoms with Gasteiger partial charge in [-0.25, -0.2) is 13.4 Å². The third-order valence-corrected chi connectivity index (χ3v) is 5.76. The van der Waals surface area contributed by atoms with Crippen molar-refractivity contribution in [3.05, 3.63) is 48.7 Å². The highest BCUT2D eigenvalue weighted by Crippen LogP contribution is 2.22. The van der Waals surface area contributed by atoms with Crippen molar-refractivity contribution in [2.24, 2.45) is 0 Å². The fourth-order valence-electron chi connectivity index (χ4n) is 3.19. The molecular formula is C18H20N4O2S. The Balaban J connectivity index is 1.45. The van der Waals surface area contributed by atoms with Gasteiger partial charge in [-0.2, -0.15) is 0 Å². The molecule has 25 heavy (non-hydrogen) atoms. The molecule has 130 valence electrons. The number of H-pyrrole nitrogens is 1. The second kappa shape index (κ2) is 6.07. The Hall–Kier alpha value is -2.54. The number of pyridine rings is 1. The molecule has 0 radical (unpaired) electrons. The van der Waals surface area contributed by atoms with E-state index in [4.69, 9.17) is 0 Å². The largest absolute Gasteiger partial charge is 0.368 e. The summed E-state index contributed by atoms with van der Waals surface area (Å²) in [6, 6.07) is 13.3. The van der Waals surface area contributed by atoms with E-state index in [2.05, 4.69) is 31.9 Å². The van der Waals surface area contributed by atoms with E-state index in [-0.39, 0.29) is 0 Å². The van der Waals surface area contributed by atoms with Crippen LogP contribution in [0, 0.1) is 0 Å². The molecule has 4 rings (SSSR count). The molecule has 1 N–H and O–H groups in total. The molecule has 0 aliphatic carbocycles. The Morgan fingerprint density at radius 2 is 1.60 bits per heavy atom. The first-order valence-electron chi connectivity index (χ1n) is 8.25. The average molecular weight is 356 g/mol. The lowest BCUT2D eigenvalue weighted by Crippen LogP contribution is -2.46. The highest BCUT2D eigenvalue weighted by Gasteiger charge is 2.19. The minimum atomic E-state index is -3.15. The number of aromatic nitrogens is 2. The highest BCUT2D eigenvalue weighted by molar-refractivity contribution is 7.90. The molecule has 0 amide bonds. The number of nitrogens with one attached hydrogen (secondary N) is 1. The number of piperazine rings is 1. The van der Waals surface area contributed by atoms with Gasteiger partial charge in [0.15, 0.2) is 9.84 Å². The van der Waals surface area contributed by atoms with Gasteiger partial charge in [0.2, 0.25) is 0 Å². The molecule has 0 saturated carbocycles. The summed E-state index contributed by atoms with van der Waals surface area (Å²) in [5.74, 6) is 0.988. The Kier molecular flexibility index (Phi) is 3.88. The van der Waals surface area contributed by atoms with Crippen molar-refractivity contribution in [2.75, 3.05) is 42.2 Å². The van der Waals surface area contributed by atoms with Crippen LogP contribution in [-0.2, 0) is 9.84 Å². The lowest BCUT2D eigenvalue weighted by molar-refractivity contribution is 0.602. The molecule has 3 aromatic rings. The van der Waals surface area contributed by atoms with E-state index in [1.807, 2.05) is 24.4 Å². The van der Waals surface area contributed by atoms with E-state index in [0.717, 1.165) is 48.7 Å². The maximum atomic E-state index is 11.6. The van der Waals surface area contributed by atoms with E-state index >= 15 is 0 Å². The summed E-state index contributed by atoms with van der Waals surface area (Å²) in [4.78, 5) is 12.7. The molecule has 1 fully saturated rings. The summed E-state index contributed by atoms with van der Waals surface area (Å²) >= 11 is 0. The highest BCUT2D eigenvalue weighted by atomic mass is 32.2. The van der Waals surface area contributed by atoms with Gasteiger partial charge in [-0.1, -0.05) is 0 Å². The molecule has 1 saturated heterocycles. The number of sulfone groups is 1. The number of fused-ring (bicyclic) bond motifs is 1. The number of nitrogens with zero attached hydrogens (tertiary/aromatic N) is 3. The van der Waals surface area contributed by atoms with Crippen LogP contribution < -0.4 is 9.80 Å². The maximum Gasteiger partial charge on any atom is 0.175 e. The lowest BCUT2D eigenvalue weighted by Gasteiger charge is -2.36. The van der Waals surface area contributed by atoms with Crippen molar-refractivity contribution in [1.29, 1.82) is 0 Å². The summed E-state index contributed by atoms with van der Waals surface area (Å²) < 4.78 is 23.1. The predicted octanol–water partition coefficient (Wildman–Crippen LogP) is 2.29. The van der Waals surface area contributed by atoms with Crippen LogP contribution in [0.15, 0.2) is 53.6 Å². The molecule has 1 aliphatic heterocycles. The standard InChI is InChI=1S/C18H20N4O2S/c1-25(23,24)16-5-3-15(4-6-16)21-10-12-22(13-11-21)17-7-2-14-8-9-19-18(14)20-17/h2-9H,10-13H2,1H3,(H,19,20). The van der Waals surface area contributed by atoms with Crippen LogP contribution in [0.4, 0.5) is 11.5 Å². The summed E-state index contributed by atoms with van der Waals surface area (Å²) in [7, 11) is -3.15. The summed E-state index contributed by atoms with van der Waals surface area (Å²) in [5.41, 5.74) is 1.97. The van der Waals surface area contributed by atoms with Gasteiger partial charge in [-0.05, 0) is 42.5 Å². The number of hydrogen-bond acceptors (Lipinski definition) is 5. The minimum Gasteiger partial charge on any atom is -0.368 e. The van der Waals surface area contributed by atoms with E-state index in [1.54, 1.807) is 12.1 Å². The van der Waals surface area contributed by atoms with Crippen molar-refractivity contribution in [2.45, 2.75) is 4.90 Å². The van der Waals surface area contributed by atoms with E-state index in [1.165, 1.54) is 6.26 Å². The normalized spacial score (nSPS) is 15.7. The quantitative estimate of drug-likeness (QED) is 0.780. The van der Waals surface area contributed by atoms with Gasteiger partial charge in [-0.15, -0.1) is 0 Å². The first-order valence-corrected chi connectivity index (χ1v) is 10.1. The Morgan fingerprint density at radius 3 is 2.28 bits per heavy atom. The molecule has 1 aromatic carbocycles. The average Bonchev–Trinajstić information content (AvgIpc) is 3.09. The van der Waals surface area contributed by atoms with Crippen LogP contribution in [-0.4, -0.2) is 50.8 Å². The maximum absolute atomic E-state index is 11.6. The first-order chi connectivity index (χ1) is 12.0.